The third-order valence-corrected chi connectivity index (χ3v) is 7.10. The van der Waals surface area contributed by atoms with Crippen molar-refractivity contribution >= 4 is 0 Å². The van der Waals surface area contributed by atoms with Crippen molar-refractivity contribution in [2.75, 3.05) is 0 Å². The Morgan fingerprint density at radius 2 is 0.814 bits per heavy atom. The van der Waals surface area contributed by atoms with E-state index in [0.29, 0.717) is 0 Å². The highest BCUT2D eigenvalue weighted by Gasteiger charge is 2.14. The molecule has 6 nitrogen and oxygen atoms in total. The molecule has 0 aliphatic rings. The molecule has 7 aromatic rings. The van der Waals surface area contributed by atoms with Crippen LogP contribution in [0.4, 0.5) is 0 Å². The highest BCUT2D eigenvalue weighted by Crippen LogP contribution is 2.32. The van der Waals surface area contributed by atoms with Gasteiger partial charge in [-0.3, -0.25) is 9.97 Å². The van der Waals surface area contributed by atoms with Gasteiger partial charge in [0, 0.05) is 47.0 Å². The van der Waals surface area contributed by atoms with E-state index in [1.165, 1.54) is 0 Å². The van der Waals surface area contributed by atoms with Gasteiger partial charge in [0.05, 0.1) is 45.6 Å². The zero-order chi connectivity index (χ0) is 29.0. The summed E-state index contributed by atoms with van der Waals surface area (Å²) in [7, 11) is 0. The Morgan fingerprint density at radius 3 is 1.35 bits per heavy atom. The Balaban J connectivity index is 1.40. The average molecular weight is 555 g/mol. The molecule has 0 spiro atoms. The summed E-state index contributed by atoms with van der Waals surface area (Å²) in [6.45, 7) is 2.10. The van der Waals surface area contributed by atoms with Crippen molar-refractivity contribution in [1.29, 1.82) is 0 Å². The van der Waals surface area contributed by atoms with Crippen molar-refractivity contribution in [3.8, 4) is 67.8 Å². The minimum atomic E-state index is 0.733. The molecule has 0 aliphatic carbocycles. The molecule has 0 saturated carbocycles. The largest absolute Gasteiger partial charge is 0.264 e. The number of nitrogens with zero attached hydrogens (tertiary/aromatic N) is 6. The average Bonchev–Trinajstić information content (AvgIpc) is 3.09. The third kappa shape index (κ3) is 5.67. The Labute approximate surface area is 249 Å². The fraction of sp³-hybridized carbons (Fsp3) is 0.0270. The fourth-order valence-electron chi connectivity index (χ4n) is 5.02. The van der Waals surface area contributed by atoms with Crippen LogP contribution in [0.3, 0.4) is 0 Å². The van der Waals surface area contributed by atoms with E-state index in [9.17, 15) is 0 Å². The standard InChI is InChI=1S/C37H26N6/c1-25-19-34(26-9-3-2-4-10-26)42-35(20-25)29-21-36(32-15-5-13-30(40-32)27-11-7-17-38-23-27)43-37(22-29)33-16-6-14-31(41-33)28-12-8-18-39-24-28/h2-24H,1H3. The van der Waals surface area contributed by atoms with Crippen molar-refractivity contribution in [3.63, 3.8) is 0 Å². The van der Waals surface area contributed by atoms with Crippen LogP contribution in [0.25, 0.3) is 67.8 Å². The van der Waals surface area contributed by atoms with Crippen LogP contribution < -0.4 is 0 Å². The number of aryl methyl sites for hydroxylation is 1. The van der Waals surface area contributed by atoms with Crippen molar-refractivity contribution in [2.24, 2.45) is 0 Å². The molecule has 7 rings (SSSR count). The normalized spacial score (nSPS) is 10.9. The van der Waals surface area contributed by atoms with Gasteiger partial charge in [0.2, 0.25) is 0 Å². The van der Waals surface area contributed by atoms with E-state index in [1.807, 2.05) is 91.3 Å². The summed E-state index contributed by atoms with van der Waals surface area (Å²) < 4.78 is 0. The van der Waals surface area contributed by atoms with Crippen LogP contribution in [0.1, 0.15) is 5.56 Å². The van der Waals surface area contributed by atoms with E-state index >= 15 is 0 Å². The van der Waals surface area contributed by atoms with Gasteiger partial charge in [-0.05, 0) is 85.3 Å². The molecule has 0 saturated heterocycles. The molecule has 204 valence electrons. The highest BCUT2D eigenvalue weighted by atomic mass is 14.8. The van der Waals surface area contributed by atoms with Gasteiger partial charge >= 0.3 is 0 Å². The number of benzene rings is 1. The third-order valence-electron chi connectivity index (χ3n) is 7.10. The fourth-order valence-corrected chi connectivity index (χ4v) is 5.02. The summed E-state index contributed by atoms with van der Waals surface area (Å²) in [6.07, 6.45) is 7.15. The maximum atomic E-state index is 5.09. The number of hydrogen-bond acceptors (Lipinski definition) is 6. The lowest BCUT2D eigenvalue weighted by Crippen LogP contribution is -1.97. The zero-order valence-electron chi connectivity index (χ0n) is 23.5. The van der Waals surface area contributed by atoms with Crippen LogP contribution in [-0.4, -0.2) is 29.9 Å². The van der Waals surface area contributed by atoms with Crippen LogP contribution in [0.2, 0.25) is 0 Å². The molecule has 6 aromatic heterocycles. The molecule has 1 aromatic carbocycles. The smallest absolute Gasteiger partial charge is 0.0901 e. The van der Waals surface area contributed by atoms with Gasteiger partial charge in [0.1, 0.15) is 0 Å². The second-order valence-corrected chi connectivity index (χ2v) is 10.2. The molecule has 0 radical (unpaired) electrons. The summed E-state index contributed by atoms with van der Waals surface area (Å²) in [5.41, 5.74) is 11.4. The molecule has 0 atom stereocenters. The van der Waals surface area contributed by atoms with Gasteiger partial charge < -0.3 is 0 Å². The van der Waals surface area contributed by atoms with Crippen LogP contribution in [0.15, 0.2) is 140 Å². The number of aromatic nitrogens is 6. The van der Waals surface area contributed by atoms with Crippen molar-refractivity contribution < 1.29 is 0 Å². The van der Waals surface area contributed by atoms with Gasteiger partial charge in [0.25, 0.3) is 0 Å². The van der Waals surface area contributed by atoms with Crippen LogP contribution in [-0.2, 0) is 0 Å². The quantitative estimate of drug-likeness (QED) is 0.206. The van der Waals surface area contributed by atoms with Crippen molar-refractivity contribution in [2.45, 2.75) is 6.92 Å². The lowest BCUT2D eigenvalue weighted by atomic mass is 10.0. The molecule has 0 amide bonds. The van der Waals surface area contributed by atoms with E-state index in [0.717, 1.165) is 73.4 Å². The minimum Gasteiger partial charge on any atom is -0.264 e. The first-order chi connectivity index (χ1) is 21.2. The first-order valence-corrected chi connectivity index (χ1v) is 14.0. The molecule has 0 fully saturated rings. The number of rotatable bonds is 6. The molecule has 6 heterocycles. The van der Waals surface area contributed by atoms with Gasteiger partial charge in [-0.15, -0.1) is 0 Å². The summed E-state index contributed by atoms with van der Waals surface area (Å²) in [6, 6.07) is 38.3. The SMILES string of the molecule is Cc1cc(-c2ccccc2)nc(-c2cc(-c3cccc(-c4cccnc4)n3)nc(-c3cccc(-c4cccnc4)n3)c2)c1. The summed E-state index contributed by atoms with van der Waals surface area (Å²) >= 11 is 0. The Bertz CT molecular complexity index is 1930. The molecule has 0 bridgehead atoms. The monoisotopic (exact) mass is 554 g/mol. The second kappa shape index (κ2) is 11.5. The molecule has 43 heavy (non-hydrogen) atoms. The Morgan fingerprint density at radius 1 is 0.349 bits per heavy atom. The lowest BCUT2D eigenvalue weighted by Gasteiger charge is -2.12. The number of hydrogen-bond donors (Lipinski definition) is 0. The summed E-state index contributed by atoms with van der Waals surface area (Å²) in [5.74, 6) is 0. The van der Waals surface area contributed by atoms with Crippen molar-refractivity contribution in [1.82, 2.24) is 29.9 Å². The molecular formula is C37H26N6. The second-order valence-electron chi connectivity index (χ2n) is 10.2. The van der Waals surface area contributed by atoms with Gasteiger partial charge in [-0.25, -0.2) is 19.9 Å². The lowest BCUT2D eigenvalue weighted by molar-refractivity contribution is 1.21. The van der Waals surface area contributed by atoms with Gasteiger partial charge in [0.15, 0.2) is 0 Å². The molecular weight excluding hydrogens is 528 g/mol. The highest BCUT2D eigenvalue weighted by molar-refractivity contribution is 5.76. The molecule has 0 N–H and O–H groups in total. The number of pyridine rings is 6. The first-order valence-electron chi connectivity index (χ1n) is 14.0. The van der Waals surface area contributed by atoms with E-state index < -0.39 is 0 Å². The summed E-state index contributed by atoms with van der Waals surface area (Å²) in [4.78, 5) is 28.7. The first kappa shape index (κ1) is 26.0. The predicted molar refractivity (Wildman–Crippen MR) is 171 cm³/mol. The molecule has 0 unspecified atom stereocenters. The predicted octanol–water partition coefficient (Wildman–Crippen LogP) is 8.37. The zero-order valence-corrected chi connectivity index (χ0v) is 23.5. The van der Waals surface area contributed by atoms with E-state index in [4.69, 9.17) is 19.9 Å². The molecule has 6 heteroatoms. The van der Waals surface area contributed by atoms with Crippen LogP contribution >= 0.6 is 0 Å². The Kier molecular flexibility index (Phi) is 6.99. The summed E-state index contributed by atoms with van der Waals surface area (Å²) in [5, 5.41) is 0. The maximum absolute atomic E-state index is 5.09. The molecule has 0 aliphatic heterocycles. The topological polar surface area (TPSA) is 77.3 Å². The van der Waals surface area contributed by atoms with Crippen molar-refractivity contribution in [3.05, 3.63) is 146 Å². The maximum Gasteiger partial charge on any atom is 0.0901 e. The van der Waals surface area contributed by atoms with Crippen LogP contribution in [0, 0.1) is 6.92 Å². The minimum absolute atomic E-state index is 0.733. The Hall–Kier alpha value is -5.88. The van der Waals surface area contributed by atoms with Gasteiger partial charge in [-0.1, -0.05) is 42.5 Å². The van der Waals surface area contributed by atoms with E-state index in [-0.39, 0.29) is 0 Å². The van der Waals surface area contributed by atoms with Crippen LogP contribution in [0.5, 0.6) is 0 Å². The van der Waals surface area contributed by atoms with E-state index in [2.05, 4.69) is 53.3 Å². The van der Waals surface area contributed by atoms with Gasteiger partial charge in [-0.2, -0.15) is 0 Å². The van der Waals surface area contributed by atoms with E-state index in [1.54, 1.807) is 12.4 Å².